The lowest BCUT2D eigenvalue weighted by atomic mass is 10.1. The van der Waals surface area contributed by atoms with Crippen molar-refractivity contribution in [2.75, 3.05) is 6.54 Å². The summed E-state index contributed by atoms with van der Waals surface area (Å²) in [6.45, 7) is 0.602. The lowest BCUT2D eigenvalue weighted by molar-refractivity contribution is 0.618. The zero-order chi connectivity index (χ0) is 10.3. The number of nitrogens with zero attached hydrogens (tertiary/aromatic N) is 1. The maximum atomic E-state index is 13.1. The first kappa shape index (κ1) is 10.1. The molecule has 2 atom stereocenters. The number of hydrogen-bond acceptors (Lipinski definition) is 2. The molecule has 0 amide bonds. The molecule has 1 fully saturated rings. The monoisotopic (exact) mass is 234 g/mol. The molecule has 2 nitrogen and oxygen atoms in total. The molecule has 0 spiro atoms. The third kappa shape index (κ3) is 1.72. The van der Waals surface area contributed by atoms with Crippen LogP contribution in [0, 0.1) is 11.7 Å². The summed E-state index contributed by atoms with van der Waals surface area (Å²) in [6.07, 6.45) is 0.957. The maximum Gasteiger partial charge on any atom is 0.166 e. The minimum Gasteiger partial charge on any atom is -0.330 e. The van der Waals surface area contributed by atoms with E-state index in [1.54, 1.807) is 0 Å². The molecule has 1 heterocycles. The molecular weight excluding hydrogens is 226 g/mol. The summed E-state index contributed by atoms with van der Waals surface area (Å²) in [7, 11) is 0. The molecule has 5 heteroatoms. The SMILES string of the molecule is NC[C@@H]1C[C@H]1c1cc(F)c(Cl)nc1Cl. The van der Waals surface area contributed by atoms with Crippen molar-refractivity contribution in [2.24, 2.45) is 11.7 Å². The van der Waals surface area contributed by atoms with E-state index in [0.29, 0.717) is 12.5 Å². The summed E-state index contributed by atoms with van der Waals surface area (Å²) >= 11 is 11.3. The van der Waals surface area contributed by atoms with Crippen LogP contribution in [-0.4, -0.2) is 11.5 Å². The van der Waals surface area contributed by atoms with Gasteiger partial charge < -0.3 is 5.73 Å². The van der Waals surface area contributed by atoms with E-state index in [1.807, 2.05) is 0 Å². The average Bonchev–Trinajstić information content (AvgIpc) is 2.90. The summed E-state index contributed by atoms with van der Waals surface area (Å²) in [4.78, 5) is 3.72. The number of pyridine rings is 1. The van der Waals surface area contributed by atoms with Gasteiger partial charge in [-0.05, 0) is 36.4 Å². The largest absolute Gasteiger partial charge is 0.330 e. The van der Waals surface area contributed by atoms with Crippen LogP contribution in [-0.2, 0) is 0 Å². The Balaban J connectivity index is 2.31. The maximum absolute atomic E-state index is 13.1. The van der Waals surface area contributed by atoms with E-state index in [1.165, 1.54) is 6.07 Å². The van der Waals surface area contributed by atoms with Crippen LogP contribution in [0.1, 0.15) is 17.9 Å². The van der Waals surface area contributed by atoms with Crippen LogP contribution in [0.3, 0.4) is 0 Å². The molecule has 2 N–H and O–H groups in total. The standard InChI is InChI=1S/C9H9Cl2FN2/c10-8-6(5-1-4(5)3-13)2-7(12)9(11)14-8/h2,4-5H,1,3,13H2/t4-,5+/m0/s1. The fourth-order valence-corrected chi connectivity index (χ4v) is 2.07. The Morgan fingerprint density at radius 1 is 1.50 bits per heavy atom. The Bertz CT molecular complexity index is 370. The van der Waals surface area contributed by atoms with Gasteiger partial charge in [-0.2, -0.15) is 0 Å². The van der Waals surface area contributed by atoms with Gasteiger partial charge in [0.1, 0.15) is 5.15 Å². The van der Waals surface area contributed by atoms with Crippen molar-refractivity contribution >= 4 is 23.2 Å². The molecule has 0 aliphatic heterocycles. The van der Waals surface area contributed by atoms with Crippen LogP contribution in [0.2, 0.25) is 10.3 Å². The van der Waals surface area contributed by atoms with Gasteiger partial charge in [0, 0.05) is 0 Å². The van der Waals surface area contributed by atoms with Crippen LogP contribution in [0.25, 0.3) is 0 Å². The second kappa shape index (κ2) is 3.65. The molecule has 0 saturated heterocycles. The smallest absolute Gasteiger partial charge is 0.166 e. The molecule has 1 aromatic rings. The van der Waals surface area contributed by atoms with Gasteiger partial charge in [0.25, 0.3) is 0 Å². The van der Waals surface area contributed by atoms with Crippen LogP contribution in [0.5, 0.6) is 0 Å². The van der Waals surface area contributed by atoms with Crippen molar-refractivity contribution in [1.82, 2.24) is 4.98 Å². The van der Waals surface area contributed by atoms with E-state index in [-0.39, 0.29) is 16.2 Å². The van der Waals surface area contributed by atoms with Gasteiger partial charge in [-0.25, -0.2) is 9.37 Å². The van der Waals surface area contributed by atoms with E-state index >= 15 is 0 Å². The molecule has 0 unspecified atom stereocenters. The second-order valence-electron chi connectivity index (χ2n) is 3.48. The fraction of sp³-hybridized carbons (Fsp3) is 0.444. The van der Waals surface area contributed by atoms with E-state index < -0.39 is 5.82 Å². The van der Waals surface area contributed by atoms with Gasteiger partial charge in [0.2, 0.25) is 0 Å². The summed E-state index contributed by atoms with van der Waals surface area (Å²) in [5, 5.41) is 0.112. The quantitative estimate of drug-likeness (QED) is 0.800. The van der Waals surface area contributed by atoms with Gasteiger partial charge >= 0.3 is 0 Å². The minimum absolute atomic E-state index is 0.177. The topological polar surface area (TPSA) is 38.9 Å². The Labute approximate surface area is 91.2 Å². The fourth-order valence-electron chi connectivity index (χ4n) is 1.61. The van der Waals surface area contributed by atoms with Gasteiger partial charge in [0.05, 0.1) is 0 Å². The molecule has 0 radical (unpaired) electrons. The zero-order valence-electron chi connectivity index (χ0n) is 7.30. The lowest BCUT2D eigenvalue weighted by Crippen LogP contribution is -2.02. The lowest BCUT2D eigenvalue weighted by Gasteiger charge is -2.03. The van der Waals surface area contributed by atoms with Crippen molar-refractivity contribution in [1.29, 1.82) is 0 Å². The minimum atomic E-state index is -0.520. The Morgan fingerprint density at radius 2 is 2.21 bits per heavy atom. The first-order chi connectivity index (χ1) is 6.63. The van der Waals surface area contributed by atoms with E-state index in [2.05, 4.69) is 4.98 Å². The van der Waals surface area contributed by atoms with Crippen molar-refractivity contribution in [3.63, 3.8) is 0 Å². The predicted octanol–water partition coefficient (Wildman–Crippen LogP) is 2.59. The molecule has 0 aromatic carbocycles. The third-order valence-electron chi connectivity index (χ3n) is 2.54. The van der Waals surface area contributed by atoms with Crippen molar-refractivity contribution in [3.05, 3.63) is 27.8 Å². The summed E-state index contributed by atoms with van der Waals surface area (Å²) < 4.78 is 13.1. The highest BCUT2D eigenvalue weighted by molar-refractivity contribution is 6.33. The number of aromatic nitrogens is 1. The van der Waals surface area contributed by atoms with Crippen molar-refractivity contribution in [2.45, 2.75) is 12.3 Å². The Kier molecular flexibility index (Phi) is 2.64. The highest BCUT2D eigenvalue weighted by Gasteiger charge is 2.39. The molecule has 0 bridgehead atoms. The summed E-state index contributed by atoms with van der Waals surface area (Å²) in [6, 6.07) is 1.36. The van der Waals surface area contributed by atoms with Gasteiger partial charge in [-0.3, -0.25) is 0 Å². The summed E-state index contributed by atoms with van der Waals surface area (Å²) in [5.41, 5.74) is 6.22. The molecule has 14 heavy (non-hydrogen) atoms. The van der Waals surface area contributed by atoms with Crippen LogP contribution < -0.4 is 5.73 Å². The van der Waals surface area contributed by atoms with E-state index in [0.717, 1.165) is 12.0 Å². The van der Waals surface area contributed by atoms with Gasteiger partial charge in [-0.15, -0.1) is 0 Å². The number of hydrogen-bond donors (Lipinski definition) is 1. The average molecular weight is 235 g/mol. The van der Waals surface area contributed by atoms with Crippen LogP contribution >= 0.6 is 23.2 Å². The number of nitrogens with two attached hydrogens (primary N) is 1. The zero-order valence-corrected chi connectivity index (χ0v) is 8.82. The molecule has 1 saturated carbocycles. The first-order valence-electron chi connectivity index (χ1n) is 4.35. The predicted molar refractivity (Wildman–Crippen MR) is 54.1 cm³/mol. The molecule has 1 aliphatic rings. The first-order valence-corrected chi connectivity index (χ1v) is 5.10. The van der Waals surface area contributed by atoms with Gasteiger partial charge in [-0.1, -0.05) is 23.2 Å². The molecule has 1 aliphatic carbocycles. The third-order valence-corrected chi connectivity index (χ3v) is 3.11. The Hall–Kier alpha value is -0.380. The van der Waals surface area contributed by atoms with Crippen LogP contribution in [0.4, 0.5) is 4.39 Å². The highest BCUT2D eigenvalue weighted by Crippen LogP contribution is 2.48. The van der Waals surface area contributed by atoms with Crippen molar-refractivity contribution < 1.29 is 4.39 Å². The molecular formula is C9H9Cl2FN2. The van der Waals surface area contributed by atoms with E-state index in [9.17, 15) is 4.39 Å². The normalized spacial score (nSPS) is 25.1. The van der Waals surface area contributed by atoms with Crippen molar-refractivity contribution in [3.8, 4) is 0 Å². The molecule has 76 valence electrons. The molecule has 2 rings (SSSR count). The number of rotatable bonds is 2. The number of halogens is 3. The van der Waals surface area contributed by atoms with E-state index in [4.69, 9.17) is 28.9 Å². The highest BCUT2D eigenvalue weighted by atomic mass is 35.5. The Morgan fingerprint density at radius 3 is 2.79 bits per heavy atom. The second-order valence-corrected chi connectivity index (χ2v) is 4.20. The van der Waals surface area contributed by atoms with Crippen LogP contribution in [0.15, 0.2) is 6.07 Å². The molecule has 1 aromatic heterocycles. The van der Waals surface area contributed by atoms with Gasteiger partial charge in [0.15, 0.2) is 11.0 Å². The summed E-state index contributed by atoms with van der Waals surface area (Å²) in [5.74, 6) is 0.149.